The molecule has 0 aromatic rings. The van der Waals surface area contributed by atoms with Crippen LogP contribution in [0.25, 0.3) is 0 Å². The molecule has 0 aromatic heterocycles. The average Bonchev–Trinajstić information content (AvgIpc) is 1.30. The first-order valence-corrected chi connectivity index (χ1v) is 46.2. The number of phosphoric acid groups is 1. The number of carbonyl (C=O) groups excluding carboxylic acids is 2. The summed E-state index contributed by atoms with van der Waals surface area (Å²) in [6, 6.07) is 0. The largest absolute Gasteiger partial charge is 0.472 e. The minimum atomic E-state index is -4.39. The zero-order valence-corrected chi connectivity index (χ0v) is 68.9. The van der Waals surface area contributed by atoms with Crippen molar-refractivity contribution < 1.29 is 42.1 Å². The van der Waals surface area contributed by atoms with E-state index in [4.69, 9.17) is 18.5 Å². The molecule has 0 amide bonds. The summed E-state index contributed by atoms with van der Waals surface area (Å²) in [7, 11) is 1.51. The topological polar surface area (TPSA) is 108 Å². The molecule has 0 saturated heterocycles. The summed E-state index contributed by atoms with van der Waals surface area (Å²) < 4.78 is 34.9. The Labute approximate surface area is 624 Å². The van der Waals surface area contributed by atoms with E-state index in [0.29, 0.717) is 17.4 Å². The second-order valence-corrected chi connectivity index (χ2v) is 33.5. The molecule has 0 rings (SSSR count). The van der Waals surface area contributed by atoms with Gasteiger partial charge in [-0.25, -0.2) is 4.57 Å². The summed E-state index contributed by atoms with van der Waals surface area (Å²) in [5.41, 5.74) is 0. The monoisotopic (exact) mass is 1430 g/mol. The van der Waals surface area contributed by atoms with Crippen LogP contribution in [0.15, 0.2) is 36.5 Å². The lowest BCUT2D eigenvalue weighted by molar-refractivity contribution is -0.870. The highest BCUT2D eigenvalue weighted by Crippen LogP contribution is 2.43. The summed E-state index contributed by atoms with van der Waals surface area (Å²) >= 11 is 0. The number of carbonyl (C=O) groups is 2. The zero-order chi connectivity index (χ0) is 72.5. The number of hydrogen-bond donors (Lipinski definition) is 1. The van der Waals surface area contributed by atoms with E-state index in [1.54, 1.807) is 0 Å². The minimum absolute atomic E-state index is 0.0361. The number of nitrogens with zero attached hydrogens (tertiary/aromatic N) is 1. The fourth-order valence-corrected chi connectivity index (χ4v) is 14.6. The standard InChI is InChI=1S/C90H174NO8P/c1-6-8-10-12-14-16-18-20-22-24-26-28-30-32-34-36-38-40-42-43-44-45-46-47-49-51-53-55-57-59-61-63-65-67-69-71-73-75-77-79-81-83-90(93)99-88(87-98-100(94,95)97-85-84-91(3,4)5)86-96-89(92)82-80-78-76-74-72-70-68-66-64-62-60-58-56-54-52-50-48-41-39-37-35-33-31-29-27-25-23-21-19-17-15-13-11-9-7-2/h18,20,24,26,30,32,88H,6-17,19,21-23,25,27-29,31,33-87H2,1-5H3/p+1/b20-18-,26-24-,32-30-. The van der Waals surface area contributed by atoms with Gasteiger partial charge in [-0.15, -0.1) is 0 Å². The van der Waals surface area contributed by atoms with Crippen LogP contribution in [0.5, 0.6) is 0 Å². The second kappa shape index (κ2) is 81.3. The van der Waals surface area contributed by atoms with Gasteiger partial charge in [-0.05, 0) is 51.4 Å². The molecule has 592 valence electrons. The van der Waals surface area contributed by atoms with E-state index in [0.717, 1.165) is 51.4 Å². The van der Waals surface area contributed by atoms with Crippen LogP contribution in [0, 0.1) is 0 Å². The van der Waals surface area contributed by atoms with E-state index in [1.165, 1.54) is 398 Å². The molecule has 2 unspecified atom stereocenters. The van der Waals surface area contributed by atoms with Crippen molar-refractivity contribution in [3.05, 3.63) is 36.5 Å². The van der Waals surface area contributed by atoms with Crippen molar-refractivity contribution in [1.82, 2.24) is 0 Å². The van der Waals surface area contributed by atoms with Gasteiger partial charge in [0.1, 0.15) is 19.8 Å². The molecule has 0 bridgehead atoms. The van der Waals surface area contributed by atoms with Crippen LogP contribution in [0.2, 0.25) is 0 Å². The SMILES string of the molecule is CCCCCCC/C=C\C/C=C\C/C=C\CCCCCCCCCCCCCCCCCCCCCCCCCCCCC(=O)OC(COC(=O)CCCCCCCCCCCCCCCCCCCCCCCCCCCCCCCCCCCCC)COP(=O)(O)OCC[N+](C)(C)C. The van der Waals surface area contributed by atoms with Crippen LogP contribution in [-0.2, 0) is 32.7 Å². The first-order valence-electron chi connectivity index (χ1n) is 44.7. The predicted molar refractivity (Wildman–Crippen MR) is 437 cm³/mol. The lowest BCUT2D eigenvalue weighted by atomic mass is 10.0. The van der Waals surface area contributed by atoms with Crippen LogP contribution in [0.1, 0.15) is 476 Å². The van der Waals surface area contributed by atoms with E-state index in [-0.39, 0.29) is 25.6 Å². The van der Waals surface area contributed by atoms with Crippen LogP contribution in [0.3, 0.4) is 0 Å². The Morgan fingerprint density at radius 1 is 0.310 bits per heavy atom. The van der Waals surface area contributed by atoms with Crippen molar-refractivity contribution in [3.8, 4) is 0 Å². The van der Waals surface area contributed by atoms with E-state index in [9.17, 15) is 19.0 Å². The lowest BCUT2D eigenvalue weighted by Gasteiger charge is -2.24. The molecule has 0 radical (unpaired) electrons. The van der Waals surface area contributed by atoms with Crippen molar-refractivity contribution in [2.24, 2.45) is 0 Å². The van der Waals surface area contributed by atoms with Crippen LogP contribution in [0.4, 0.5) is 0 Å². The molecule has 0 aliphatic carbocycles. The quantitative estimate of drug-likeness (QED) is 0.0211. The highest BCUT2D eigenvalue weighted by molar-refractivity contribution is 7.47. The fourth-order valence-electron chi connectivity index (χ4n) is 13.9. The summed E-state index contributed by atoms with van der Waals surface area (Å²) in [6.07, 6.45) is 108. The maximum atomic E-state index is 12.9. The maximum Gasteiger partial charge on any atom is 0.472 e. The van der Waals surface area contributed by atoms with Crippen molar-refractivity contribution in [2.75, 3.05) is 47.5 Å². The molecule has 2 atom stereocenters. The molecule has 0 aliphatic rings. The molecule has 10 heteroatoms. The third-order valence-electron chi connectivity index (χ3n) is 20.7. The first-order chi connectivity index (χ1) is 49.0. The molecular formula is C90H175NO8P+. The Bertz CT molecular complexity index is 1780. The smallest absolute Gasteiger partial charge is 0.462 e. The van der Waals surface area contributed by atoms with Crippen LogP contribution in [-0.4, -0.2) is 74.9 Å². The molecule has 0 spiro atoms. The minimum Gasteiger partial charge on any atom is -0.462 e. The van der Waals surface area contributed by atoms with Gasteiger partial charge in [-0.3, -0.25) is 18.6 Å². The Morgan fingerprint density at radius 2 is 0.540 bits per heavy atom. The Kier molecular flexibility index (Phi) is 79.9. The van der Waals surface area contributed by atoms with Gasteiger partial charge in [0.25, 0.3) is 0 Å². The van der Waals surface area contributed by atoms with Crippen molar-refractivity contribution in [3.63, 3.8) is 0 Å². The van der Waals surface area contributed by atoms with E-state index < -0.39 is 26.5 Å². The van der Waals surface area contributed by atoms with Crippen LogP contribution >= 0.6 is 7.82 Å². The predicted octanol–water partition coefficient (Wildman–Crippen LogP) is 30.1. The second-order valence-electron chi connectivity index (χ2n) is 32.0. The fraction of sp³-hybridized carbons (Fsp3) is 0.911. The average molecular weight is 1430 g/mol. The Hall–Kier alpha value is -1.77. The van der Waals surface area contributed by atoms with Gasteiger partial charge in [0.15, 0.2) is 6.10 Å². The molecular weight excluding hydrogens is 1250 g/mol. The number of ether oxygens (including phenoxy) is 2. The van der Waals surface area contributed by atoms with Gasteiger partial charge in [0.05, 0.1) is 27.7 Å². The van der Waals surface area contributed by atoms with Crippen molar-refractivity contribution >= 4 is 19.8 Å². The molecule has 9 nitrogen and oxygen atoms in total. The number of likely N-dealkylation sites (N-methyl/N-ethyl adjacent to an activating group) is 1. The molecule has 100 heavy (non-hydrogen) atoms. The lowest BCUT2D eigenvalue weighted by Crippen LogP contribution is -2.37. The summed E-state index contributed by atoms with van der Waals surface area (Å²) in [5, 5.41) is 0. The van der Waals surface area contributed by atoms with Gasteiger partial charge in [0.2, 0.25) is 0 Å². The number of rotatable bonds is 85. The number of unbranched alkanes of at least 4 members (excludes halogenated alkanes) is 65. The molecule has 0 aromatic carbocycles. The molecule has 0 saturated carbocycles. The van der Waals surface area contributed by atoms with E-state index in [1.807, 2.05) is 21.1 Å². The Balaban J connectivity index is 3.84. The van der Waals surface area contributed by atoms with Gasteiger partial charge >= 0.3 is 19.8 Å². The zero-order valence-electron chi connectivity index (χ0n) is 68.0. The summed E-state index contributed by atoms with van der Waals surface area (Å²) in [4.78, 5) is 36.1. The molecule has 1 N–H and O–H groups in total. The number of phosphoric ester groups is 1. The number of esters is 2. The Morgan fingerprint density at radius 3 is 0.800 bits per heavy atom. The normalized spacial score (nSPS) is 13.1. The third kappa shape index (κ3) is 85.2. The van der Waals surface area contributed by atoms with Gasteiger partial charge < -0.3 is 18.9 Å². The first kappa shape index (κ1) is 98.2. The third-order valence-corrected chi connectivity index (χ3v) is 21.7. The number of hydrogen-bond acceptors (Lipinski definition) is 7. The highest BCUT2D eigenvalue weighted by atomic mass is 31.2. The molecule has 0 fully saturated rings. The van der Waals surface area contributed by atoms with Gasteiger partial charge in [0, 0.05) is 12.8 Å². The summed E-state index contributed by atoms with van der Waals surface area (Å²) in [5.74, 6) is -0.766. The van der Waals surface area contributed by atoms with E-state index >= 15 is 0 Å². The summed E-state index contributed by atoms with van der Waals surface area (Å²) in [6.45, 7) is 4.52. The molecule has 0 heterocycles. The van der Waals surface area contributed by atoms with Crippen molar-refractivity contribution in [2.45, 2.75) is 482 Å². The maximum absolute atomic E-state index is 12.9. The van der Waals surface area contributed by atoms with Gasteiger partial charge in [-0.2, -0.15) is 0 Å². The highest BCUT2D eigenvalue weighted by Gasteiger charge is 2.27. The molecule has 0 aliphatic heterocycles. The van der Waals surface area contributed by atoms with E-state index in [2.05, 4.69) is 50.3 Å². The number of allylic oxidation sites excluding steroid dienone is 6. The van der Waals surface area contributed by atoms with Crippen LogP contribution < -0.4 is 0 Å². The van der Waals surface area contributed by atoms with Crippen molar-refractivity contribution in [1.29, 1.82) is 0 Å². The van der Waals surface area contributed by atoms with Gasteiger partial charge in [-0.1, -0.05) is 448 Å². The number of quaternary nitrogens is 1.